The van der Waals surface area contributed by atoms with Crippen molar-refractivity contribution in [2.24, 2.45) is 0 Å². The van der Waals surface area contributed by atoms with Gasteiger partial charge < -0.3 is 0 Å². The molecule has 3 heteroatoms. The zero-order valence-electron chi connectivity index (χ0n) is 11.1. The molecule has 0 aromatic carbocycles. The molecule has 0 amide bonds. The van der Waals surface area contributed by atoms with Crippen LogP contribution in [0.5, 0.6) is 0 Å². The summed E-state index contributed by atoms with van der Waals surface area (Å²) in [6, 6.07) is 0. The van der Waals surface area contributed by atoms with Crippen LogP contribution in [0.4, 0.5) is 0 Å². The molecule has 0 heterocycles. The van der Waals surface area contributed by atoms with Crippen LogP contribution in [0.15, 0.2) is 0 Å². The SMILES string of the molecule is CCCCCCC[CH2][Sn](=[O])[O]CCCCC. The van der Waals surface area contributed by atoms with Gasteiger partial charge in [0.15, 0.2) is 0 Å². The van der Waals surface area contributed by atoms with Gasteiger partial charge in [-0.3, -0.25) is 0 Å². The van der Waals surface area contributed by atoms with E-state index in [1.165, 1.54) is 44.9 Å². The Morgan fingerprint density at radius 1 is 0.812 bits per heavy atom. The summed E-state index contributed by atoms with van der Waals surface area (Å²) in [5, 5.41) is 0. The molecule has 0 bridgehead atoms. The summed E-state index contributed by atoms with van der Waals surface area (Å²) in [5.41, 5.74) is 0. The molecule has 0 rings (SSSR count). The zero-order chi connectivity index (χ0) is 12.1. The van der Waals surface area contributed by atoms with Crippen LogP contribution in [0.25, 0.3) is 0 Å². The summed E-state index contributed by atoms with van der Waals surface area (Å²) in [6.07, 6.45) is 11.1. The first-order valence-electron chi connectivity index (χ1n) is 6.96. The molecule has 0 aromatic heterocycles. The average Bonchev–Trinajstić information content (AvgIpc) is 2.29. The van der Waals surface area contributed by atoms with Crippen molar-refractivity contribution in [1.29, 1.82) is 0 Å². The Kier molecular flexibility index (Phi) is 14.1. The Labute approximate surface area is 109 Å². The van der Waals surface area contributed by atoms with Crippen molar-refractivity contribution in [3.63, 3.8) is 0 Å². The zero-order valence-corrected chi connectivity index (χ0v) is 13.9. The number of hydrogen-bond acceptors (Lipinski definition) is 2. The summed E-state index contributed by atoms with van der Waals surface area (Å²) in [4.78, 5) is 0. The fraction of sp³-hybridized carbons (Fsp3) is 1.00. The molecule has 0 fully saturated rings. The molecule has 0 aliphatic rings. The van der Waals surface area contributed by atoms with Gasteiger partial charge in [0.1, 0.15) is 0 Å². The van der Waals surface area contributed by atoms with Gasteiger partial charge in [-0.25, -0.2) is 0 Å². The van der Waals surface area contributed by atoms with Crippen LogP contribution in [0.3, 0.4) is 0 Å². The molecular formula is C13H28O2Sn. The normalized spacial score (nSPS) is 10.6. The van der Waals surface area contributed by atoms with Crippen LogP contribution in [-0.4, -0.2) is 26.8 Å². The van der Waals surface area contributed by atoms with Gasteiger partial charge in [-0.1, -0.05) is 0 Å². The Morgan fingerprint density at radius 3 is 2.06 bits per heavy atom. The van der Waals surface area contributed by atoms with Gasteiger partial charge in [0, 0.05) is 0 Å². The topological polar surface area (TPSA) is 26.3 Å². The molecule has 2 nitrogen and oxygen atoms in total. The van der Waals surface area contributed by atoms with Gasteiger partial charge in [0.2, 0.25) is 0 Å². The quantitative estimate of drug-likeness (QED) is 0.388. The van der Waals surface area contributed by atoms with Crippen molar-refractivity contribution in [3.05, 3.63) is 0 Å². The minimum atomic E-state index is -2.59. The Hall–Kier alpha value is 0.559. The molecule has 0 aliphatic carbocycles. The van der Waals surface area contributed by atoms with Crippen molar-refractivity contribution >= 4 is 20.2 Å². The van der Waals surface area contributed by atoms with E-state index in [9.17, 15) is 3.08 Å². The third kappa shape index (κ3) is 12.6. The molecule has 0 atom stereocenters. The first-order chi connectivity index (χ1) is 7.81. The second-order valence-electron chi connectivity index (χ2n) is 4.45. The van der Waals surface area contributed by atoms with Gasteiger partial charge in [-0.05, 0) is 0 Å². The van der Waals surface area contributed by atoms with Crippen molar-refractivity contribution in [2.45, 2.75) is 76.1 Å². The average molecular weight is 335 g/mol. The molecule has 0 radical (unpaired) electrons. The van der Waals surface area contributed by atoms with Crippen molar-refractivity contribution in [3.8, 4) is 0 Å². The van der Waals surface area contributed by atoms with Crippen molar-refractivity contribution < 1.29 is 6.15 Å². The number of rotatable bonds is 12. The van der Waals surface area contributed by atoms with Crippen LogP contribution < -0.4 is 0 Å². The van der Waals surface area contributed by atoms with Gasteiger partial charge in [-0.15, -0.1) is 0 Å². The van der Waals surface area contributed by atoms with E-state index in [2.05, 4.69) is 13.8 Å². The Morgan fingerprint density at radius 2 is 1.38 bits per heavy atom. The van der Waals surface area contributed by atoms with E-state index < -0.39 is 20.2 Å². The molecule has 0 aromatic rings. The maximum atomic E-state index is 11.6. The molecule has 96 valence electrons. The molecule has 0 N–H and O–H groups in total. The summed E-state index contributed by atoms with van der Waals surface area (Å²) < 4.78 is 17.9. The van der Waals surface area contributed by atoms with Crippen LogP contribution in [-0.2, 0) is 6.15 Å². The van der Waals surface area contributed by atoms with Gasteiger partial charge >= 0.3 is 109 Å². The van der Waals surface area contributed by atoms with Gasteiger partial charge in [0.05, 0.1) is 0 Å². The third-order valence-electron chi connectivity index (χ3n) is 2.75. The molecule has 0 spiro atoms. The van der Waals surface area contributed by atoms with E-state index in [4.69, 9.17) is 3.07 Å². The second-order valence-corrected chi connectivity index (χ2v) is 8.82. The molecular weight excluding hydrogens is 307 g/mol. The third-order valence-corrected chi connectivity index (χ3v) is 6.42. The van der Waals surface area contributed by atoms with E-state index in [-0.39, 0.29) is 0 Å². The Balaban J connectivity index is 3.11. The monoisotopic (exact) mass is 336 g/mol. The van der Waals surface area contributed by atoms with Crippen molar-refractivity contribution in [2.75, 3.05) is 6.61 Å². The molecule has 0 aliphatic heterocycles. The molecule has 16 heavy (non-hydrogen) atoms. The number of unbranched alkanes of at least 4 members (excludes halogenated alkanes) is 7. The fourth-order valence-corrected chi connectivity index (χ4v) is 4.67. The van der Waals surface area contributed by atoms with E-state index in [1.54, 1.807) is 0 Å². The van der Waals surface area contributed by atoms with Crippen LogP contribution in [0.2, 0.25) is 4.44 Å². The summed E-state index contributed by atoms with van der Waals surface area (Å²) in [6.45, 7) is 5.14. The van der Waals surface area contributed by atoms with E-state index >= 15 is 0 Å². The van der Waals surface area contributed by atoms with Crippen molar-refractivity contribution in [1.82, 2.24) is 0 Å². The van der Waals surface area contributed by atoms with Crippen LogP contribution in [0.1, 0.15) is 71.6 Å². The standard InChI is InChI=1S/C8H17.C5H11O.O.Sn/c1-3-5-7-8-6-4-2;1-2-3-4-5-6;;/h1,3-8H2,2H3;2-5H2,1H3;;/q;-1;;+1. The van der Waals surface area contributed by atoms with Gasteiger partial charge in [-0.2, -0.15) is 0 Å². The molecule has 0 saturated carbocycles. The molecule has 0 unspecified atom stereocenters. The first kappa shape index (κ1) is 16.6. The summed E-state index contributed by atoms with van der Waals surface area (Å²) in [7, 11) is 0. The number of hydrogen-bond donors (Lipinski definition) is 0. The van der Waals surface area contributed by atoms with E-state index in [0.717, 1.165) is 23.9 Å². The second kappa shape index (κ2) is 13.6. The fourth-order valence-electron chi connectivity index (χ4n) is 1.66. The van der Waals surface area contributed by atoms with Gasteiger partial charge in [0.25, 0.3) is 0 Å². The first-order valence-corrected chi connectivity index (χ1v) is 11.3. The minimum absolute atomic E-state index is 0.738. The van der Waals surface area contributed by atoms with Crippen LogP contribution in [0, 0.1) is 0 Å². The van der Waals surface area contributed by atoms with E-state index in [1.807, 2.05) is 0 Å². The van der Waals surface area contributed by atoms with Crippen LogP contribution >= 0.6 is 0 Å². The predicted molar refractivity (Wildman–Crippen MR) is 70.1 cm³/mol. The molecule has 0 saturated heterocycles. The van der Waals surface area contributed by atoms with E-state index in [0.29, 0.717) is 0 Å². The maximum absolute atomic E-state index is 11.6. The Bertz CT molecular complexity index is 160. The summed E-state index contributed by atoms with van der Waals surface area (Å²) in [5.74, 6) is 0. The summed E-state index contributed by atoms with van der Waals surface area (Å²) >= 11 is -2.59. The predicted octanol–water partition coefficient (Wildman–Crippen LogP) is 4.47.